The topological polar surface area (TPSA) is 72.3 Å². The number of nitrogens with two attached hydrogens (primary N) is 2. The quantitative estimate of drug-likeness (QED) is 0.780. The predicted molar refractivity (Wildman–Crippen MR) is 65.0 cm³/mol. The van der Waals surface area contributed by atoms with Gasteiger partial charge in [0.2, 0.25) is 5.91 Å². The Morgan fingerprint density at radius 2 is 1.94 bits per heavy atom. The van der Waals surface area contributed by atoms with E-state index >= 15 is 0 Å². The number of halogens is 2. The molecule has 1 aromatic rings. The van der Waals surface area contributed by atoms with Crippen molar-refractivity contribution in [2.75, 3.05) is 20.1 Å². The first-order valence-corrected chi connectivity index (χ1v) is 5.47. The number of carbonyl (C=O) groups excluding carboxylic acids is 1. The van der Waals surface area contributed by atoms with Crippen LogP contribution in [0.15, 0.2) is 30.3 Å². The molecule has 1 atom stereocenters. The van der Waals surface area contributed by atoms with Gasteiger partial charge in [0.15, 0.2) is 0 Å². The second-order valence-electron chi connectivity index (χ2n) is 4.29. The van der Waals surface area contributed by atoms with Crippen molar-refractivity contribution in [3.05, 3.63) is 35.9 Å². The van der Waals surface area contributed by atoms with Crippen LogP contribution in [0.5, 0.6) is 0 Å². The highest BCUT2D eigenvalue weighted by molar-refractivity contribution is 5.86. The molecule has 1 unspecified atom stereocenters. The first-order chi connectivity index (χ1) is 8.36. The van der Waals surface area contributed by atoms with E-state index in [4.69, 9.17) is 11.5 Å². The number of primary amides is 1. The molecule has 6 heteroatoms. The van der Waals surface area contributed by atoms with E-state index in [2.05, 4.69) is 0 Å². The molecular formula is C12H17F2N3O. The molecule has 0 saturated carbocycles. The van der Waals surface area contributed by atoms with Gasteiger partial charge < -0.3 is 11.5 Å². The molecule has 0 saturated heterocycles. The number of benzene rings is 1. The first kappa shape index (κ1) is 14.5. The van der Waals surface area contributed by atoms with Crippen molar-refractivity contribution in [3.63, 3.8) is 0 Å². The SMILES string of the molecule is CN(CC(F)F)CC(N)(C(N)=O)c1ccccc1. The maximum Gasteiger partial charge on any atom is 0.251 e. The normalized spacial score (nSPS) is 14.8. The van der Waals surface area contributed by atoms with Crippen LogP contribution in [0.2, 0.25) is 0 Å². The second kappa shape index (κ2) is 5.88. The average molecular weight is 257 g/mol. The Balaban J connectivity index is 2.92. The highest BCUT2D eigenvalue weighted by Gasteiger charge is 2.35. The molecule has 0 aliphatic heterocycles. The van der Waals surface area contributed by atoms with Crippen molar-refractivity contribution >= 4 is 5.91 Å². The summed E-state index contributed by atoms with van der Waals surface area (Å²) in [7, 11) is 1.47. The van der Waals surface area contributed by atoms with Gasteiger partial charge in [0, 0.05) is 6.54 Å². The Kier molecular flexibility index (Phi) is 4.75. The van der Waals surface area contributed by atoms with Gasteiger partial charge in [0.25, 0.3) is 6.43 Å². The average Bonchev–Trinajstić information content (AvgIpc) is 2.28. The van der Waals surface area contributed by atoms with Crippen LogP contribution in [-0.2, 0) is 10.3 Å². The zero-order valence-electron chi connectivity index (χ0n) is 10.1. The summed E-state index contributed by atoms with van der Waals surface area (Å²) >= 11 is 0. The van der Waals surface area contributed by atoms with Gasteiger partial charge in [0.1, 0.15) is 5.54 Å². The standard InChI is InChI=1S/C12H17F2N3O/c1-17(7-10(13)14)8-12(16,11(15)18)9-5-3-2-4-6-9/h2-6,10H,7-8,16H2,1H3,(H2,15,18). The Morgan fingerprint density at radius 1 is 1.39 bits per heavy atom. The summed E-state index contributed by atoms with van der Waals surface area (Å²) in [4.78, 5) is 12.8. The second-order valence-corrected chi connectivity index (χ2v) is 4.29. The van der Waals surface area contributed by atoms with Crippen LogP contribution in [-0.4, -0.2) is 37.4 Å². The molecule has 100 valence electrons. The fraction of sp³-hybridized carbons (Fsp3) is 0.417. The molecule has 1 aromatic carbocycles. The molecule has 18 heavy (non-hydrogen) atoms. The number of hydrogen-bond donors (Lipinski definition) is 2. The molecule has 0 aliphatic carbocycles. The number of rotatable bonds is 6. The van der Waals surface area contributed by atoms with E-state index < -0.39 is 24.4 Å². The molecule has 0 aliphatic rings. The molecule has 0 heterocycles. The number of carbonyl (C=O) groups is 1. The minimum atomic E-state index is -2.48. The minimum Gasteiger partial charge on any atom is -0.368 e. The van der Waals surface area contributed by atoms with Crippen LogP contribution in [0.1, 0.15) is 5.56 Å². The zero-order chi connectivity index (χ0) is 13.8. The van der Waals surface area contributed by atoms with Crippen molar-refractivity contribution < 1.29 is 13.6 Å². The lowest BCUT2D eigenvalue weighted by Gasteiger charge is -2.31. The Bertz CT molecular complexity index is 400. The maximum absolute atomic E-state index is 12.3. The number of nitrogens with zero attached hydrogens (tertiary/aromatic N) is 1. The fourth-order valence-electron chi connectivity index (χ4n) is 1.77. The molecule has 4 nitrogen and oxygen atoms in total. The third kappa shape index (κ3) is 3.48. The maximum atomic E-state index is 12.3. The van der Waals surface area contributed by atoms with Crippen molar-refractivity contribution in [2.24, 2.45) is 11.5 Å². The van der Waals surface area contributed by atoms with Gasteiger partial charge in [-0.3, -0.25) is 9.69 Å². The van der Waals surface area contributed by atoms with E-state index in [1.54, 1.807) is 30.3 Å². The highest BCUT2D eigenvalue weighted by Crippen LogP contribution is 2.19. The molecule has 1 rings (SSSR count). The zero-order valence-corrected chi connectivity index (χ0v) is 10.1. The summed E-state index contributed by atoms with van der Waals surface area (Å²) in [6.45, 7) is -0.518. The van der Waals surface area contributed by atoms with E-state index in [0.717, 1.165) is 0 Å². The van der Waals surface area contributed by atoms with Crippen molar-refractivity contribution in [1.82, 2.24) is 4.90 Å². The molecular weight excluding hydrogens is 240 g/mol. The lowest BCUT2D eigenvalue weighted by Crippen LogP contribution is -2.56. The third-order valence-corrected chi connectivity index (χ3v) is 2.70. The highest BCUT2D eigenvalue weighted by atomic mass is 19.3. The number of hydrogen-bond acceptors (Lipinski definition) is 3. The monoisotopic (exact) mass is 257 g/mol. The molecule has 0 fully saturated rings. The molecule has 1 amide bonds. The van der Waals surface area contributed by atoms with E-state index in [0.29, 0.717) is 5.56 Å². The minimum absolute atomic E-state index is 0.0588. The summed E-state index contributed by atoms with van der Waals surface area (Å²) in [6, 6.07) is 8.51. The molecule has 0 bridgehead atoms. The van der Waals surface area contributed by atoms with Crippen LogP contribution < -0.4 is 11.5 Å². The number of amides is 1. The van der Waals surface area contributed by atoms with E-state index in [1.165, 1.54) is 11.9 Å². The fourth-order valence-corrected chi connectivity index (χ4v) is 1.77. The number of alkyl halides is 2. The number of likely N-dealkylation sites (N-methyl/N-ethyl adjacent to an activating group) is 1. The van der Waals surface area contributed by atoms with Gasteiger partial charge in [-0.25, -0.2) is 8.78 Å². The Hall–Kier alpha value is -1.53. The molecule has 0 radical (unpaired) electrons. The van der Waals surface area contributed by atoms with Crippen molar-refractivity contribution in [3.8, 4) is 0 Å². The van der Waals surface area contributed by atoms with E-state index in [9.17, 15) is 13.6 Å². The summed E-state index contributed by atoms with van der Waals surface area (Å²) in [5.41, 5.74) is 10.3. The smallest absolute Gasteiger partial charge is 0.251 e. The lowest BCUT2D eigenvalue weighted by atomic mass is 9.89. The summed E-state index contributed by atoms with van der Waals surface area (Å²) in [6.07, 6.45) is -2.48. The Morgan fingerprint density at radius 3 is 2.39 bits per heavy atom. The van der Waals surface area contributed by atoms with Gasteiger partial charge >= 0.3 is 0 Å². The van der Waals surface area contributed by atoms with Crippen LogP contribution in [0, 0.1) is 0 Å². The summed E-state index contributed by atoms with van der Waals surface area (Å²) in [5.74, 6) is -0.741. The van der Waals surface area contributed by atoms with Crippen LogP contribution in [0.3, 0.4) is 0 Å². The third-order valence-electron chi connectivity index (χ3n) is 2.70. The molecule has 0 aromatic heterocycles. The molecule has 4 N–H and O–H groups in total. The Labute approximate surface area is 105 Å². The van der Waals surface area contributed by atoms with Crippen LogP contribution >= 0.6 is 0 Å². The van der Waals surface area contributed by atoms with Gasteiger partial charge in [-0.2, -0.15) is 0 Å². The largest absolute Gasteiger partial charge is 0.368 e. The van der Waals surface area contributed by atoms with Crippen LogP contribution in [0.25, 0.3) is 0 Å². The van der Waals surface area contributed by atoms with E-state index in [1.807, 2.05) is 0 Å². The van der Waals surface area contributed by atoms with Crippen LogP contribution in [0.4, 0.5) is 8.78 Å². The van der Waals surface area contributed by atoms with Crippen molar-refractivity contribution in [2.45, 2.75) is 12.0 Å². The summed E-state index contributed by atoms with van der Waals surface area (Å²) < 4.78 is 24.5. The molecule has 0 spiro atoms. The van der Waals surface area contributed by atoms with Crippen molar-refractivity contribution in [1.29, 1.82) is 0 Å². The first-order valence-electron chi connectivity index (χ1n) is 5.47. The summed E-state index contributed by atoms with van der Waals surface area (Å²) in [5, 5.41) is 0. The van der Waals surface area contributed by atoms with Gasteiger partial charge in [-0.1, -0.05) is 30.3 Å². The van der Waals surface area contributed by atoms with Gasteiger partial charge in [-0.15, -0.1) is 0 Å². The van der Waals surface area contributed by atoms with Gasteiger partial charge in [0.05, 0.1) is 6.54 Å². The lowest BCUT2D eigenvalue weighted by molar-refractivity contribution is -0.124. The predicted octanol–water partition coefficient (Wildman–Crippen LogP) is 0.523. The van der Waals surface area contributed by atoms with Gasteiger partial charge in [-0.05, 0) is 12.6 Å². The van der Waals surface area contributed by atoms with E-state index in [-0.39, 0.29) is 6.54 Å².